The normalized spacial score (nSPS) is 14.9. The molecule has 0 bridgehead atoms. The SMILES string of the molecule is CC(C(=O)NCc1ccc(Cn2ccccc2=O)cc1)C1CNC1.Cl. The van der Waals surface area contributed by atoms with Crippen molar-refractivity contribution in [1.29, 1.82) is 0 Å². The summed E-state index contributed by atoms with van der Waals surface area (Å²) in [6.45, 7) is 4.94. The first-order chi connectivity index (χ1) is 11.6. The zero-order valence-electron chi connectivity index (χ0n) is 14.3. The minimum atomic E-state index is -0.00619. The van der Waals surface area contributed by atoms with Crippen LogP contribution in [0.5, 0.6) is 0 Å². The summed E-state index contributed by atoms with van der Waals surface area (Å²) in [7, 11) is 0. The molecule has 0 saturated carbocycles. The van der Waals surface area contributed by atoms with Crippen LogP contribution in [0.2, 0.25) is 0 Å². The molecule has 1 aliphatic heterocycles. The van der Waals surface area contributed by atoms with Crippen LogP contribution in [0.15, 0.2) is 53.5 Å². The molecule has 6 heteroatoms. The average molecular weight is 362 g/mol. The predicted molar refractivity (Wildman–Crippen MR) is 101 cm³/mol. The van der Waals surface area contributed by atoms with Crippen molar-refractivity contribution in [2.45, 2.75) is 20.0 Å². The third-order valence-electron chi connectivity index (χ3n) is 4.68. The van der Waals surface area contributed by atoms with E-state index in [1.807, 2.05) is 37.3 Å². The van der Waals surface area contributed by atoms with E-state index in [4.69, 9.17) is 0 Å². The van der Waals surface area contributed by atoms with Gasteiger partial charge in [-0.15, -0.1) is 12.4 Å². The minimum Gasteiger partial charge on any atom is -0.352 e. The number of amides is 1. The second kappa shape index (κ2) is 8.83. The van der Waals surface area contributed by atoms with E-state index in [9.17, 15) is 9.59 Å². The van der Waals surface area contributed by atoms with Crippen molar-refractivity contribution >= 4 is 18.3 Å². The first-order valence-electron chi connectivity index (χ1n) is 8.35. The van der Waals surface area contributed by atoms with Crippen molar-refractivity contribution in [2.75, 3.05) is 13.1 Å². The van der Waals surface area contributed by atoms with Gasteiger partial charge in [-0.3, -0.25) is 9.59 Å². The van der Waals surface area contributed by atoms with Crippen LogP contribution < -0.4 is 16.2 Å². The lowest BCUT2D eigenvalue weighted by Gasteiger charge is -2.31. The molecule has 1 aromatic heterocycles. The number of hydrogen-bond donors (Lipinski definition) is 2. The molecule has 5 nitrogen and oxygen atoms in total. The Balaban J connectivity index is 0.00000225. The average Bonchev–Trinajstić information content (AvgIpc) is 2.54. The Kier molecular flexibility index (Phi) is 6.79. The highest BCUT2D eigenvalue weighted by Gasteiger charge is 2.28. The summed E-state index contributed by atoms with van der Waals surface area (Å²) in [6.07, 6.45) is 1.78. The smallest absolute Gasteiger partial charge is 0.250 e. The summed E-state index contributed by atoms with van der Waals surface area (Å²) in [5.41, 5.74) is 2.12. The van der Waals surface area contributed by atoms with Crippen LogP contribution in [0.1, 0.15) is 18.1 Å². The number of pyridine rings is 1. The van der Waals surface area contributed by atoms with E-state index in [1.54, 1.807) is 22.9 Å². The predicted octanol–water partition coefficient (Wildman–Crippen LogP) is 1.79. The first kappa shape index (κ1) is 19.2. The molecule has 25 heavy (non-hydrogen) atoms. The molecule has 2 aromatic rings. The molecule has 1 unspecified atom stereocenters. The fourth-order valence-electron chi connectivity index (χ4n) is 2.78. The quantitative estimate of drug-likeness (QED) is 0.824. The standard InChI is InChI=1S/C19H23N3O2.ClH/c1-14(17-11-20-12-17)19(24)21-10-15-5-7-16(8-6-15)13-22-9-3-2-4-18(22)23;/h2-9,14,17,20H,10-13H2,1H3,(H,21,24);1H. The van der Waals surface area contributed by atoms with Gasteiger partial charge in [-0.05, 0) is 36.2 Å². The highest BCUT2D eigenvalue weighted by Crippen LogP contribution is 2.16. The number of hydrogen-bond acceptors (Lipinski definition) is 3. The molecular weight excluding hydrogens is 338 g/mol. The van der Waals surface area contributed by atoms with E-state index in [-0.39, 0.29) is 29.8 Å². The molecule has 1 atom stereocenters. The van der Waals surface area contributed by atoms with Gasteiger partial charge in [0.05, 0.1) is 6.54 Å². The number of nitrogens with zero attached hydrogens (tertiary/aromatic N) is 1. The highest BCUT2D eigenvalue weighted by atomic mass is 35.5. The van der Waals surface area contributed by atoms with Gasteiger partial charge < -0.3 is 15.2 Å². The van der Waals surface area contributed by atoms with Crippen LogP contribution in [0.25, 0.3) is 0 Å². The summed E-state index contributed by atoms with van der Waals surface area (Å²) in [5, 5.41) is 6.20. The Bertz CT molecular complexity index is 754. The molecule has 1 saturated heterocycles. The van der Waals surface area contributed by atoms with Gasteiger partial charge in [0.2, 0.25) is 5.91 Å². The van der Waals surface area contributed by atoms with E-state index < -0.39 is 0 Å². The number of halogens is 1. The highest BCUT2D eigenvalue weighted by molar-refractivity contribution is 5.85. The summed E-state index contributed by atoms with van der Waals surface area (Å²) >= 11 is 0. The van der Waals surface area contributed by atoms with Crippen LogP contribution in [0.3, 0.4) is 0 Å². The Morgan fingerprint density at radius 2 is 1.88 bits per heavy atom. The lowest BCUT2D eigenvalue weighted by atomic mass is 9.88. The number of nitrogens with one attached hydrogen (secondary N) is 2. The molecule has 134 valence electrons. The molecule has 0 radical (unpaired) electrons. The van der Waals surface area contributed by atoms with Gasteiger partial charge in [0, 0.05) is 24.7 Å². The molecule has 0 aliphatic carbocycles. The van der Waals surface area contributed by atoms with Crippen molar-refractivity contribution in [3.05, 3.63) is 70.1 Å². The molecule has 1 fully saturated rings. The maximum absolute atomic E-state index is 12.1. The second-order valence-corrected chi connectivity index (χ2v) is 6.41. The van der Waals surface area contributed by atoms with Crippen molar-refractivity contribution < 1.29 is 4.79 Å². The Morgan fingerprint density at radius 1 is 1.20 bits per heavy atom. The van der Waals surface area contributed by atoms with E-state index in [0.717, 1.165) is 24.2 Å². The first-order valence-corrected chi connectivity index (χ1v) is 8.35. The molecule has 1 aliphatic rings. The summed E-state index contributed by atoms with van der Waals surface area (Å²) in [5.74, 6) is 0.619. The van der Waals surface area contributed by atoms with Crippen LogP contribution in [0.4, 0.5) is 0 Å². The fourth-order valence-corrected chi connectivity index (χ4v) is 2.78. The minimum absolute atomic E-state index is 0. The van der Waals surface area contributed by atoms with Gasteiger partial charge in [0.1, 0.15) is 0 Å². The number of benzene rings is 1. The van der Waals surface area contributed by atoms with Gasteiger partial charge in [0.25, 0.3) is 5.56 Å². The molecule has 0 spiro atoms. The van der Waals surface area contributed by atoms with Crippen molar-refractivity contribution in [3.63, 3.8) is 0 Å². The maximum atomic E-state index is 12.1. The van der Waals surface area contributed by atoms with E-state index in [0.29, 0.717) is 19.0 Å². The van der Waals surface area contributed by atoms with E-state index in [1.165, 1.54) is 0 Å². The Labute approximate surface area is 153 Å². The molecular formula is C19H24ClN3O2. The van der Waals surface area contributed by atoms with Crippen molar-refractivity contribution in [2.24, 2.45) is 11.8 Å². The monoisotopic (exact) mass is 361 g/mol. The summed E-state index contributed by atoms with van der Waals surface area (Å²) in [4.78, 5) is 23.8. The summed E-state index contributed by atoms with van der Waals surface area (Å²) in [6, 6.07) is 13.1. The van der Waals surface area contributed by atoms with Gasteiger partial charge in [-0.25, -0.2) is 0 Å². The third kappa shape index (κ3) is 4.94. The fraction of sp³-hybridized carbons (Fsp3) is 0.368. The lowest BCUT2D eigenvalue weighted by molar-refractivity contribution is -0.126. The third-order valence-corrected chi connectivity index (χ3v) is 4.68. The lowest BCUT2D eigenvalue weighted by Crippen LogP contribution is -2.49. The largest absolute Gasteiger partial charge is 0.352 e. The molecule has 1 aromatic carbocycles. The molecule has 1 amide bonds. The molecule has 3 rings (SSSR count). The number of aromatic nitrogens is 1. The van der Waals surface area contributed by atoms with Crippen molar-refractivity contribution in [1.82, 2.24) is 15.2 Å². The van der Waals surface area contributed by atoms with Gasteiger partial charge in [-0.1, -0.05) is 37.3 Å². The number of carbonyl (C=O) groups excluding carboxylic acids is 1. The number of rotatable bonds is 6. The molecule has 2 heterocycles. The van der Waals surface area contributed by atoms with E-state index >= 15 is 0 Å². The Hall–Kier alpha value is -2.11. The zero-order chi connectivity index (χ0) is 16.9. The van der Waals surface area contributed by atoms with Gasteiger partial charge >= 0.3 is 0 Å². The van der Waals surface area contributed by atoms with Gasteiger partial charge in [0.15, 0.2) is 0 Å². The van der Waals surface area contributed by atoms with Crippen LogP contribution in [0, 0.1) is 11.8 Å². The molecule has 2 N–H and O–H groups in total. The number of carbonyl (C=O) groups is 1. The van der Waals surface area contributed by atoms with Crippen LogP contribution >= 0.6 is 12.4 Å². The maximum Gasteiger partial charge on any atom is 0.250 e. The van der Waals surface area contributed by atoms with Crippen molar-refractivity contribution in [3.8, 4) is 0 Å². The summed E-state index contributed by atoms with van der Waals surface area (Å²) < 4.78 is 1.67. The second-order valence-electron chi connectivity index (χ2n) is 6.41. The zero-order valence-corrected chi connectivity index (χ0v) is 15.1. The topological polar surface area (TPSA) is 63.1 Å². The van der Waals surface area contributed by atoms with Crippen LogP contribution in [-0.4, -0.2) is 23.6 Å². The Morgan fingerprint density at radius 3 is 2.48 bits per heavy atom. The van der Waals surface area contributed by atoms with Crippen LogP contribution in [-0.2, 0) is 17.9 Å². The van der Waals surface area contributed by atoms with Gasteiger partial charge in [-0.2, -0.15) is 0 Å². The van der Waals surface area contributed by atoms with E-state index in [2.05, 4.69) is 10.6 Å².